The minimum atomic E-state index is -0.614. The minimum Gasteiger partial charge on any atom is -0.490 e. The van der Waals surface area contributed by atoms with Crippen molar-refractivity contribution >= 4 is 15.9 Å². The third-order valence-corrected chi connectivity index (χ3v) is 3.31. The van der Waals surface area contributed by atoms with Gasteiger partial charge in [-0.1, -0.05) is 22.0 Å². The summed E-state index contributed by atoms with van der Waals surface area (Å²) in [7, 11) is 1.90. The summed E-state index contributed by atoms with van der Waals surface area (Å²) in [5.41, 5.74) is 1.06. The molecule has 0 bridgehead atoms. The summed E-state index contributed by atoms with van der Waals surface area (Å²) >= 11 is 3.43. The maximum atomic E-state index is 9.72. The normalized spacial score (nSPS) is 14.2. The summed E-state index contributed by atoms with van der Waals surface area (Å²) in [5.74, 6) is 0.770. The van der Waals surface area contributed by atoms with E-state index in [0.29, 0.717) is 13.2 Å². The fourth-order valence-corrected chi connectivity index (χ4v) is 1.97. The molecular weight excluding hydrogens is 310 g/mol. The third-order valence-electron chi connectivity index (χ3n) is 2.82. The molecule has 2 atom stereocenters. The Balaban J connectivity index is 2.67. The van der Waals surface area contributed by atoms with E-state index in [0.717, 1.165) is 15.8 Å². The van der Waals surface area contributed by atoms with E-state index in [4.69, 9.17) is 9.47 Å². The van der Waals surface area contributed by atoms with Gasteiger partial charge < -0.3 is 19.9 Å². The van der Waals surface area contributed by atoms with Gasteiger partial charge in [0.15, 0.2) is 0 Å². The van der Waals surface area contributed by atoms with Crippen LogP contribution in [0.15, 0.2) is 22.7 Å². The quantitative estimate of drug-likeness (QED) is 0.768. The lowest BCUT2D eigenvalue weighted by molar-refractivity contribution is 0.0162. The number of aliphatic hydroxyl groups excluding tert-OH is 1. The van der Waals surface area contributed by atoms with Crippen LogP contribution in [0.3, 0.4) is 0 Å². The Hall–Kier alpha value is -0.620. The number of halogens is 1. The van der Waals surface area contributed by atoms with Crippen molar-refractivity contribution in [2.45, 2.75) is 26.0 Å². The maximum absolute atomic E-state index is 9.72. The molecule has 108 valence electrons. The molecule has 1 aromatic carbocycles. The van der Waals surface area contributed by atoms with Crippen LogP contribution >= 0.6 is 15.9 Å². The SMILES string of the molecule is CCOCC(O)COc1cc(Br)ccc1C(C)NC. The van der Waals surface area contributed by atoms with Crippen molar-refractivity contribution < 1.29 is 14.6 Å². The monoisotopic (exact) mass is 331 g/mol. The van der Waals surface area contributed by atoms with Crippen molar-refractivity contribution in [3.05, 3.63) is 28.2 Å². The molecule has 0 saturated carbocycles. The Bertz CT molecular complexity index is 387. The Morgan fingerprint density at radius 1 is 1.37 bits per heavy atom. The van der Waals surface area contributed by atoms with E-state index >= 15 is 0 Å². The van der Waals surface area contributed by atoms with Crippen molar-refractivity contribution in [1.29, 1.82) is 0 Å². The summed E-state index contributed by atoms with van der Waals surface area (Å²) in [6.45, 7) is 5.07. The van der Waals surface area contributed by atoms with Gasteiger partial charge in [-0.3, -0.25) is 0 Å². The van der Waals surface area contributed by atoms with E-state index in [-0.39, 0.29) is 12.6 Å². The van der Waals surface area contributed by atoms with Crippen LogP contribution in [-0.4, -0.2) is 38.1 Å². The second kappa shape index (κ2) is 8.53. The molecule has 1 rings (SSSR count). The molecule has 0 amide bonds. The molecule has 0 aromatic heterocycles. The highest BCUT2D eigenvalue weighted by Gasteiger charge is 2.12. The number of aliphatic hydroxyl groups is 1. The predicted octanol–water partition coefficient (Wildman–Crippen LogP) is 2.51. The first-order valence-electron chi connectivity index (χ1n) is 6.43. The lowest BCUT2D eigenvalue weighted by Crippen LogP contribution is -2.24. The Morgan fingerprint density at radius 2 is 2.11 bits per heavy atom. The lowest BCUT2D eigenvalue weighted by Gasteiger charge is -2.18. The van der Waals surface area contributed by atoms with Crippen molar-refractivity contribution in [3.8, 4) is 5.75 Å². The van der Waals surface area contributed by atoms with Gasteiger partial charge in [0.1, 0.15) is 18.5 Å². The van der Waals surface area contributed by atoms with E-state index < -0.39 is 6.10 Å². The predicted molar refractivity (Wildman–Crippen MR) is 79.6 cm³/mol. The molecule has 5 heteroatoms. The number of hydrogen-bond donors (Lipinski definition) is 2. The minimum absolute atomic E-state index is 0.187. The van der Waals surface area contributed by atoms with Crippen LogP contribution in [0.5, 0.6) is 5.75 Å². The van der Waals surface area contributed by atoms with Gasteiger partial charge in [0.25, 0.3) is 0 Å². The molecular formula is C14H22BrNO3. The van der Waals surface area contributed by atoms with Crippen LogP contribution in [0.4, 0.5) is 0 Å². The molecule has 1 aromatic rings. The van der Waals surface area contributed by atoms with Crippen molar-refractivity contribution in [2.75, 3.05) is 26.9 Å². The second-order valence-corrected chi connectivity index (χ2v) is 5.23. The first-order valence-corrected chi connectivity index (χ1v) is 7.23. The molecule has 4 nitrogen and oxygen atoms in total. The number of ether oxygens (including phenoxy) is 2. The van der Waals surface area contributed by atoms with Gasteiger partial charge in [0, 0.05) is 22.7 Å². The van der Waals surface area contributed by atoms with E-state index in [1.54, 1.807) is 0 Å². The molecule has 0 fully saturated rings. The van der Waals surface area contributed by atoms with Crippen LogP contribution < -0.4 is 10.1 Å². The van der Waals surface area contributed by atoms with Crippen LogP contribution in [0.25, 0.3) is 0 Å². The average molecular weight is 332 g/mol. The van der Waals surface area contributed by atoms with Gasteiger partial charge in [-0.05, 0) is 33.0 Å². The van der Waals surface area contributed by atoms with Gasteiger partial charge in [-0.2, -0.15) is 0 Å². The number of hydrogen-bond acceptors (Lipinski definition) is 4. The van der Waals surface area contributed by atoms with E-state index in [1.165, 1.54) is 0 Å². The van der Waals surface area contributed by atoms with E-state index in [2.05, 4.69) is 28.2 Å². The van der Waals surface area contributed by atoms with Crippen molar-refractivity contribution in [1.82, 2.24) is 5.32 Å². The highest BCUT2D eigenvalue weighted by atomic mass is 79.9. The molecule has 2 N–H and O–H groups in total. The van der Waals surface area contributed by atoms with Crippen LogP contribution in [0.2, 0.25) is 0 Å². The average Bonchev–Trinajstić information content (AvgIpc) is 2.42. The highest BCUT2D eigenvalue weighted by Crippen LogP contribution is 2.28. The fourth-order valence-electron chi connectivity index (χ4n) is 1.63. The maximum Gasteiger partial charge on any atom is 0.125 e. The summed E-state index contributed by atoms with van der Waals surface area (Å²) < 4.78 is 11.8. The first kappa shape index (κ1) is 16.4. The van der Waals surface area contributed by atoms with Gasteiger partial charge in [0.05, 0.1) is 6.61 Å². The molecule has 0 heterocycles. The summed E-state index contributed by atoms with van der Waals surface area (Å²) in [6.07, 6.45) is -0.614. The zero-order valence-electron chi connectivity index (χ0n) is 11.6. The Kier molecular flexibility index (Phi) is 7.38. The van der Waals surface area contributed by atoms with Crippen LogP contribution in [0.1, 0.15) is 25.5 Å². The van der Waals surface area contributed by atoms with E-state index in [9.17, 15) is 5.11 Å². The van der Waals surface area contributed by atoms with Crippen LogP contribution in [0, 0.1) is 0 Å². The highest BCUT2D eigenvalue weighted by molar-refractivity contribution is 9.10. The Morgan fingerprint density at radius 3 is 2.74 bits per heavy atom. The summed E-state index contributed by atoms with van der Waals surface area (Å²) in [4.78, 5) is 0. The smallest absolute Gasteiger partial charge is 0.125 e. The van der Waals surface area contributed by atoms with Crippen molar-refractivity contribution in [2.24, 2.45) is 0 Å². The van der Waals surface area contributed by atoms with Gasteiger partial charge in [0.2, 0.25) is 0 Å². The lowest BCUT2D eigenvalue weighted by atomic mass is 10.1. The van der Waals surface area contributed by atoms with Gasteiger partial charge >= 0.3 is 0 Å². The topological polar surface area (TPSA) is 50.7 Å². The van der Waals surface area contributed by atoms with E-state index in [1.807, 2.05) is 32.2 Å². The fraction of sp³-hybridized carbons (Fsp3) is 0.571. The first-order chi connectivity index (χ1) is 9.08. The standard InChI is InChI=1S/C14H22BrNO3/c1-4-18-8-12(17)9-19-14-7-11(15)5-6-13(14)10(2)16-3/h5-7,10,12,16-17H,4,8-9H2,1-3H3. The number of rotatable bonds is 8. The van der Waals surface area contributed by atoms with Gasteiger partial charge in [-0.25, -0.2) is 0 Å². The molecule has 0 aliphatic carbocycles. The van der Waals surface area contributed by atoms with Gasteiger partial charge in [-0.15, -0.1) is 0 Å². The number of benzene rings is 1. The molecule has 0 saturated heterocycles. The molecule has 0 aliphatic heterocycles. The molecule has 19 heavy (non-hydrogen) atoms. The summed E-state index contributed by atoms with van der Waals surface area (Å²) in [5, 5.41) is 12.9. The number of nitrogens with one attached hydrogen (secondary N) is 1. The summed E-state index contributed by atoms with van der Waals surface area (Å²) in [6, 6.07) is 6.09. The molecule has 0 radical (unpaired) electrons. The van der Waals surface area contributed by atoms with Crippen molar-refractivity contribution in [3.63, 3.8) is 0 Å². The second-order valence-electron chi connectivity index (χ2n) is 4.32. The largest absolute Gasteiger partial charge is 0.490 e. The zero-order chi connectivity index (χ0) is 14.3. The molecule has 0 spiro atoms. The molecule has 0 aliphatic rings. The zero-order valence-corrected chi connectivity index (χ0v) is 13.2. The molecule has 2 unspecified atom stereocenters. The Labute approximate surface area is 123 Å². The third kappa shape index (κ3) is 5.48. The van der Waals surface area contributed by atoms with Crippen LogP contribution in [-0.2, 0) is 4.74 Å².